The maximum Gasteiger partial charge on any atom is 0.248 e. The Morgan fingerprint density at radius 1 is 1.06 bits per heavy atom. The van der Waals surface area contributed by atoms with E-state index < -0.39 is 10.0 Å². The summed E-state index contributed by atoms with van der Waals surface area (Å²) in [6.07, 6.45) is 2.61. The standard InChI is InChI=1S/C25H40N4O5S/c1-19-15-22(33-4)16-20(2)25(19)35(31,32)26(3)13-14-34-18-24(30)29-11-9-28(10-12-29)23-17-27-7-5-21(23)6-8-27/h15-16,21,23H,5-14,17-18H2,1-4H3/t23-/m0/s1. The molecule has 1 aromatic carbocycles. The van der Waals surface area contributed by atoms with E-state index in [4.69, 9.17) is 9.47 Å². The van der Waals surface area contributed by atoms with Crippen molar-refractivity contribution >= 4 is 15.9 Å². The van der Waals surface area contributed by atoms with E-state index >= 15 is 0 Å². The highest BCUT2D eigenvalue weighted by molar-refractivity contribution is 7.89. The quantitative estimate of drug-likeness (QED) is 0.464. The van der Waals surface area contributed by atoms with Gasteiger partial charge in [0, 0.05) is 52.4 Å². The van der Waals surface area contributed by atoms with Crippen LogP contribution in [0.1, 0.15) is 24.0 Å². The summed E-state index contributed by atoms with van der Waals surface area (Å²) in [6, 6.07) is 4.08. The Morgan fingerprint density at radius 3 is 2.23 bits per heavy atom. The Hall–Kier alpha value is -1.72. The van der Waals surface area contributed by atoms with Crippen LogP contribution < -0.4 is 4.74 Å². The fourth-order valence-corrected chi connectivity index (χ4v) is 7.36. The zero-order valence-electron chi connectivity index (χ0n) is 21.5. The number of methoxy groups -OCH3 is 1. The first-order valence-corrected chi connectivity index (χ1v) is 14.1. The monoisotopic (exact) mass is 508 g/mol. The second-order valence-corrected chi connectivity index (χ2v) is 12.1. The molecule has 0 spiro atoms. The van der Waals surface area contributed by atoms with E-state index in [-0.39, 0.29) is 30.6 Å². The molecule has 196 valence electrons. The molecule has 1 atom stereocenters. The van der Waals surface area contributed by atoms with Gasteiger partial charge in [-0.2, -0.15) is 4.31 Å². The normalized spacial score (nSPS) is 25.3. The van der Waals surface area contributed by atoms with Crippen molar-refractivity contribution in [3.63, 3.8) is 0 Å². The molecule has 35 heavy (non-hydrogen) atoms. The summed E-state index contributed by atoms with van der Waals surface area (Å²) in [5.41, 5.74) is 1.28. The number of rotatable bonds is 9. The number of likely N-dealkylation sites (N-methyl/N-ethyl adjacent to an activating group) is 1. The van der Waals surface area contributed by atoms with Gasteiger partial charge in [0.05, 0.1) is 18.6 Å². The molecule has 4 aliphatic rings. The van der Waals surface area contributed by atoms with Gasteiger partial charge in [0.15, 0.2) is 0 Å². The third-order valence-electron chi connectivity index (χ3n) is 7.87. The number of ether oxygens (including phenoxy) is 2. The Kier molecular flexibility index (Phi) is 8.38. The third kappa shape index (κ3) is 5.83. The van der Waals surface area contributed by atoms with Gasteiger partial charge in [-0.3, -0.25) is 9.69 Å². The van der Waals surface area contributed by atoms with Gasteiger partial charge < -0.3 is 19.3 Å². The second kappa shape index (κ2) is 11.1. The second-order valence-electron chi connectivity index (χ2n) is 10.1. The Labute approximate surface area is 210 Å². The van der Waals surface area contributed by atoms with Gasteiger partial charge in [-0.15, -0.1) is 0 Å². The number of hydrogen-bond acceptors (Lipinski definition) is 7. The number of carbonyl (C=O) groups excluding carboxylic acids is 1. The lowest BCUT2D eigenvalue weighted by Crippen LogP contribution is -2.61. The van der Waals surface area contributed by atoms with Crippen LogP contribution in [0.5, 0.6) is 5.75 Å². The molecule has 2 bridgehead atoms. The summed E-state index contributed by atoms with van der Waals surface area (Å²) in [5, 5.41) is 0. The van der Waals surface area contributed by atoms with E-state index in [0.717, 1.165) is 32.1 Å². The molecule has 0 saturated carbocycles. The van der Waals surface area contributed by atoms with E-state index in [1.54, 1.807) is 33.1 Å². The molecule has 0 aliphatic carbocycles. The molecular weight excluding hydrogens is 468 g/mol. The maximum absolute atomic E-state index is 13.1. The van der Waals surface area contributed by atoms with Crippen LogP contribution in [-0.4, -0.2) is 119 Å². The van der Waals surface area contributed by atoms with Crippen molar-refractivity contribution < 1.29 is 22.7 Å². The zero-order chi connectivity index (χ0) is 25.2. The van der Waals surface area contributed by atoms with Crippen LogP contribution in [0.25, 0.3) is 0 Å². The molecule has 5 rings (SSSR count). The molecule has 4 saturated heterocycles. The van der Waals surface area contributed by atoms with E-state index in [2.05, 4.69) is 9.80 Å². The molecule has 4 aliphatic heterocycles. The molecular formula is C25H40N4O5S. The Morgan fingerprint density at radius 2 is 1.69 bits per heavy atom. The van der Waals surface area contributed by atoms with Gasteiger partial charge in [-0.05, 0) is 69.0 Å². The Balaban J connectivity index is 1.20. The summed E-state index contributed by atoms with van der Waals surface area (Å²) >= 11 is 0. The highest BCUT2D eigenvalue weighted by atomic mass is 32.2. The fraction of sp³-hybridized carbons (Fsp3) is 0.720. The van der Waals surface area contributed by atoms with E-state index in [9.17, 15) is 13.2 Å². The third-order valence-corrected chi connectivity index (χ3v) is 10.0. The van der Waals surface area contributed by atoms with Crippen LogP contribution in [0.15, 0.2) is 17.0 Å². The summed E-state index contributed by atoms with van der Waals surface area (Å²) < 4.78 is 38.3. The van der Waals surface area contributed by atoms with Gasteiger partial charge in [0.1, 0.15) is 12.4 Å². The summed E-state index contributed by atoms with van der Waals surface area (Å²) in [5.74, 6) is 1.42. The minimum Gasteiger partial charge on any atom is -0.497 e. The van der Waals surface area contributed by atoms with Crippen molar-refractivity contribution in [1.29, 1.82) is 0 Å². The van der Waals surface area contributed by atoms with Crippen LogP contribution in [0.2, 0.25) is 0 Å². The molecule has 0 radical (unpaired) electrons. The number of benzene rings is 1. The number of nitrogens with zero attached hydrogens (tertiary/aromatic N) is 4. The Bertz CT molecular complexity index is 978. The van der Waals surface area contributed by atoms with Gasteiger partial charge in [0.25, 0.3) is 0 Å². The molecule has 1 aromatic rings. The average Bonchev–Trinajstić information content (AvgIpc) is 2.86. The largest absolute Gasteiger partial charge is 0.497 e. The summed E-state index contributed by atoms with van der Waals surface area (Å²) in [4.78, 5) is 20.0. The van der Waals surface area contributed by atoms with Crippen molar-refractivity contribution in [2.24, 2.45) is 5.92 Å². The molecule has 9 nitrogen and oxygen atoms in total. The van der Waals surface area contributed by atoms with Crippen molar-refractivity contribution in [2.45, 2.75) is 37.6 Å². The molecule has 1 amide bonds. The lowest BCUT2D eigenvalue weighted by molar-refractivity contribution is -0.139. The number of aryl methyl sites for hydroxylation is 2. The fourth-order valence-electron chi connectivity index (χ4n) is 5.81. The first kappa shape index (κ1) is 26.3. The number of amides is 1. The predicted molar refractivity (Wildman–Crippen MR) is 134 cm³/mol. The molecule has 4 fully saturated rings. The molecule has 0 aromatic heterocycles. The number of carbonyl (C=O) groups is 1. The van der Waals surface area contributed by atoms with Gasteiger partial charge in [-0.25, -0.2) is 8.42 Å². The minimum absolute atomic E-state index is 0.0195. The topological polar surface area (TPSA) is 82.6 Å². The van der Waals surface area contributed by atoms with Crippen molar-refractivity contribution in [2.75, 3.05) is 79.7 Å². The summed E-state index contributed by atoms with van der Waals surface area (Å²) in [7, 11) is -0.574. The van der Waals surface area contributed by atoms with E-state index in [1.165, 1.54) is 43.8 Å². The van der Waals surface area contributed by atoms with Crippen LogP contribution in [0.4, 0.5) is 0 Å². The average molecular weight is 509 g/mol. The number of fused-ring (bicyclic) bond motifs is 3. The SMILES string of the molecule is COc1cc(C)c(S(=O)(=O)N(C)CCOCC(=O)N2CCN([C@H]3CN4CCC3CC4)CC2)c(C)c1. The molecule has 0 unspecified atom stereocenters. The number of hydrogen-bond donors (Lipinski definition) is 0. The first-order valence-electron chi connectivity index (χ1n) is 12.6. The van der Waals surface area contributed by atoms with Crippen LogP contribution >= 0.6 is 0 Å². The highest BCUT2D eigenvalue weighted by Crippen LogP contribution is 2.31. The van der Waals surface area contributed by atoms with Gasteiger partial charge in [0.2, 0.25) is 15.9 Å². The maximum atomic E-state index is 13.1. The van der Waals surface area contributed by atoms with Crippen LogP contribution in [0.3, 0.4) is 0 Å². The van der Waals surface area contributed by atoms with Crippen molar-refractivity contribution in [1.82, 2.24) is 19.0 Å². The smallest absolute Gasteiger partial charge is 0.248 e. The highest BCUT2D eigenvalue weighted by Gasteiger charge is 2.38. The lowest BCUT2D eigenvalue weighted by Gasteiger charge is -2.51. The first-order chi connectivity index (χ1) is 16.7. The van der Waals surface area contributed by atoms with Gasteiger partial charge in [-0.1, -0.05) is 0 Å². The van der Waals surface area contributed by atoms with E-state index in [0.29, 0.717) is 22.9 Å². The predicted octanol–water partition coefficient (Wildman–Crippen LogP) is 1.19. The van der Waals surface area contributed by atoms with Crippen molar-refractivity contribution in [3.05, 3.63) is 23.3 Å². The zero-order valence-corrected chi connectivity index (χ0v) is 22.3. The van der Waals surface area contributed by atoms with E-state index in [1.807, 2.05) is 4.90 Å². The number of sulfonamides is 1. The van der Waals surface area contributed by atoms with Gasteiger partial charge >= 0.3 is 0 Å². The summed E-state index contributed by atoms with van der Waals surface area (Å²) in [6.45, 7) is 10.8. The van der Waals surface area contributed by atoms with Crippen molar-refractivity contribution in [3.8, 4) is 5.75 Å². The molecule has 4 heterocycles. The molecule has 0 N–H and O–H groups in total. The van der Waals surface area contributed by atoms with Crippen LogP contribution in [-0.2, 0) is 19.6 Å². The number of piperidine rings is 3. The number of piperazine rings is 1. The lowest BCUT2D eigenvalue weighted by atomic mass is 9.83. The molecule has 10 heteroatoms. The minimum atomic E-state index is -3.67. The van der Waals surface area contributed by atoms with Crippen LogP contribution in [0, 0.1) is 19.8 Å².